The van der Waals surface area contributed by atoms with E-state index in [1.807, 2.05) is 0 Å². The van der Waals surface area contributed by atoms with Gasteiger partial charge in [-0.15, -0.1) is 0 Å². The summed E-state index contributed by atoms with van der Waals surface area (Å²) in [4.78, 5) is 20.4. The summed E-state index contributed by atoms with van der Waals surface area (Å²) in [5.74, 6) is 2.66. The Balaban J connectivity index is 1.97. The van der Waals surface area contributed by atoms with Crippen molar-refractivity contribution in [3.8, 4) is 0 Å². The van der Waals surface area contributed by atoms with Crippen LogP contribution in [0.1, 0.15) is 45.4 Å². The monoisotopic (exact) mass is 308 g/mol. The van der Waals surface area contributed by atoms with Gasteiger partial charge in [0.1, 0.15) is 6.54 Å². The number of likely N-dealkylation sites (tertiary alicyclic amines) is 1. The molecule has 1 heterocycles. The predicted molar refractivity (Wildman–Crippen MR) is 90.9 cm³/mol. The van der Waals surface area contributed by atoms with Crippen molar-refractivity contribution in [2.24, 2.45) is 16.8 Å². The molecule has 126 valence electrons. The zero-order chi connectivity index (χ0) is 15.9. The van der Waals surface area contributed by atoms with Crippen LogP contribution in [0.5, 0.6) is 0 Å². The molecule has 0 aromatic carbocycles. The van der Waals surface area contributed by atoms with E-state index in [0.717, 1.165) is 43.9 Å². The Bertz CT molecular complexity index is 380. The number of rotatable bonds is 5. The minimum atomic E-state index is 0.0615. The van der Waals surface area contributed by atoms with E-state index in [1.54, 1.807) is 19.0 Å². The summed E-state index contributed by atoms with van der Waals surface area (Å²) < 4.78 is 0. The van der Waals surface area contributed by atoms with Gasteiger partial charge in [-0.2, -0.15) is 0 Å². The average molecular weight is 308 g/mol. The third-order valence-electron chi connectivity index (χ3n) is 4.95. The summed E-state index contributed by atoms with van der Waals surface area (Å²) in [7, 11) is 3.57. The third-order valence-corrected chi connectivity index (χ3v) is 4.95. The third kappa shape index (κ3) is 4.62. The molecule has 2 atom stereocenters. The molecule has 1 saturated heterocycles. The van der Waals surface area contributed by atoms with Crippen LogP contribution in [-0.2, 0) is 4.79 Å². The number of guanidine groups is 1. The van der Waals surface area contributed by atoms with E-state index in [4.69, 9.17) is 0 Å². The van der Waals surface area contributed by atoms with Gasteiger partial charge in [-0.3, -0.25) is 4.79 Å². The lowest BCUT2D eigenvalue weighted by Gasteiger charge is -2.22. The molecule has 0 aromatic rings. The number of aliphatic imine (C=N–C) groups is 1. The molecule has 0 radical (unpaired) electrons. The normalized spacial score (nSPS) is 25.0. The molecule has 0 spiro atoms. The van der Waals surface area contributed by atoms with Gasteiger partial charge in [0.15, 0.2) is 5.96 Å². The summed E-state index contributed by atoms with van der Waals surface area (Å²) in [5, 5.41) is 3.47. The van der Waals surface area contributed by atoms with Crippen LogP contribution >= 0.6 is 0 Å². The number of fused-ring (bicyclic) bond motifs is 1. The highest BCUT2D eigenvalue weighted by Gasteiger charge is 2.35. The zero-order valence-electron chi connectivity index (χ0n) is 14.5. The molecule has 5 heteroatoms. The van der Waals surface area contributed by atoms with Crippen LogP contribution in [0.4, 0.5) is 0 Å². The molecule has 2 fully saturated rings. The molecule has 5 nitrogen and oxygen atoms in total. The molecule has 0 aromatic heterocycles. The van der Waals surface area contributed by atoms with Gasteiger partial charge >= 0.3 is 0 Å². The summed E-state index contributed by atoms with van der Waals surface area (Å²) in [6.07, 6.45) is 7.79. The van der Waals surface area contributed by atoms with Crippen molar-refractivity contribution >= 4 is 11.9 Å². The molecule has 2 rings (SSSR count). The first-order valence-corrected chi connectivity index (χ1v) is 8.85. The number of hydrogen-bond acceptors (Lipinski definition) is 2. The van der Waals surface area contributed by atoms with E-state index < -0.39 is 0 Å². The molecule has 1 amide bonds. The van der Waals surface area contributed by atoms with Gasteiger partial charge in [-0.1, -0.05) is 26.2 Å². The largest absolute Gasteiger partial charge is 0.356 e. The maximum absolute atomic E-state index is 11.8. The van der Waals surface area contributed by atoms with Crippen molar-refractivity contribution in [1.82, 2.24) is 15.1 Å². The van der Waals surface area contributed by atoms with Crippen LogP contribution in [0.15, 0.2) is 4.99 Å². The molecule has 1 N–H and O–H groups in total. The summed E-state index contributed by atoms with van der Waals surface area (Å²) in [5.41, 5.74) is 0. The molecule has 1 saturated carbocycles. The van der Waals surface area contributed by atoms with Gasteiger partial charge in [0.05, 0.1) is 0 Å². The average Bonchev–Trinajstić information content (AvgIpc) is 2.94. The summed E-state index contributed by atoms with van der Waals surface area (Å²) in [6.45, 7) is 5.60. The number of likely N-dealkylation sites (N-methyl/N-ethyl adjacent to an activating group) is 1. The smallest absolute Gasteiger partial charge is 0.243 e. The highest BCUT2D eigenvalue weighted by Crippen LogP contribution is 2.35. The van der Waals surface area contributed by atoms with E-state index in [9.17, 15) is 4.79 Å². The second-order valence-electron chi connectivity index (χ2n) is 6.92. The molecule has 1 aliphatic carbocycles. The fourth-order valence-corrected chi connectivity index (χ4v) is 3.51. The SMILES string of the molecule is CCCCNC(=NCC(=O)N(C)C)N1CC2CCCCC2C1. The molecule has 2 aliphatic rings. The Morgan fingerprint density at radius 3 is 2.41 bits per heavy atom. The number of hydrogen-bond donors (Lipinski definition) is 1. The highest BCUT2D eigenvalue weighted by atomic mass is 16.2. The number of amides is 1. The Labute approximate surface area is 135 Å². The van der Waals surface area contributed by atoms with Gasteiger partial charge in [0.25, 0.3) is 0 Å². The molecular weight excluding hydrogens is 276 g/mol. The lowest BCUT2D eigenvalue weighted by atomic mass is 9.82. The van der Waals surface area contributed by atoms with E-state index >= 15 is 0 Å². The van der Waals surface area contributed by atoms with Crippen molar-refractivity contribution in [2.45, 2.75) is 45.4 Å². The van der Waals surface area contributed by atoms with Gasteiger partial charge in [0.2, 0.25) is 5.91 Å². The van der Waals surface area contributed by atoms with Crippen molar-refractivity contribution in [1.29, 1.82) is 0 Å². The minimum Gasteiger partial charge on any atom is -0.356 e. The van der Waals surface area contributed by atoms with Gasteiger partial charge in [-0.25, -0.2) is 4.99 Å². The fraction of sp³-hybridized carbons (Fsp3) is 0.882. The number of nitrogens with zero attached hydrogens (tertiary/aromatic N) is 3. The van der Waals surface area contributed by atoms with Gasteiger partial charge in [-0.05, 0) is 31.1 Å². The van der Waals surface area contributed by atoms with Crippen molar-refractivity contribution in [3.05, 3.63) is 0 Å². The first kappa shape index (κ1) is 17.1. The lowest BCUT2D eigenvalue weighted by molar-refractivity contribution is -0.127. The van der Waals surface area contributed by atoms with Crippen molar-refractivity contribution in [2.75, 3.05) is 40.3 Å². The van der Waals surface area contributed by atoms with Gasteiger partial charge in [0, 0.05) is 33.7 Å². The van der Waals surface area contributed by atoms with Crippen LogP contribution < -0.4 is 5.32 Å². The van der Waals surface area contributed by atoms with Crippen LogP contribution in [0.3, 0.4) is 0 Å². The summed E-state index contributed by atoms with van der Waals surface area (Å²) in [6, 6.07) is 0. The van der Waals surface area contributed by atoms with Gasteiger partial charge < -0.3 is 15.1 Å². The zero-order valence-corrected chi connectivity index (χ0v) is 14.5. The molecule has 1 aliphatic heterocycles. The molecule has 2 unspecified atom stereocenters. The van der Waals surface area contributed by atoms with Crippen LogP contribution in [-0.4, -0.2) is 61.9 Å². The maximum Gasteiger partial charge on any atom is 0.243 e. The quantitative estimate of drug-likeness (QED) is 0.480. The maximum atomic E-state index is 11.8. The number of carbonyl (C=O) groups is 1. The van der Waals surface area contributed by atoms with Crippen molar-refractivity contribution in [3.63, 3.8) is 0 Å². The van der Waals surface area contributed by atoms with E-state index in [0.29, 0.717) is 0 Å². The first-order chi connectivity index (χ1) is 10.6. The Morgan fingerprint density at radius 1 is 1.23 bits per heavy atom. The van der Waals surface area contributed by atoms with Crippen LogP contribution in [0, 0.1) is 11.8 Å². The lowest BCUT2D eigenvalue weighted by Crippen LogP contribution is -2.41. The Hall–Kier alpha value is -1.26. The van der Waals surface area contributed by atoms with Crippen LogP contribution in [0.25, 0.3) is 0 Å². The number of carbonyl (C=O) groups excluding carboxylic acids is 1. The topological polar surface area (TPSA) is 47.9 Å². The van der Waals surface area contributed by atoms with E-state index in [-0.39, 0.29) is 12.5 Å². The van der Waals surface area contributed by atoms with E-state index in [2.05, 4.69) is 22.1 Å². The van der Waals surface area contributed by atoms with Crippen molar-refractivity contribution < 1.29 is 4.79 Å². The Kier molecular flexibility index (Phi) is 6.52. The van der Waals surface area contributed by atoms with Crippen LogP contribution in [0.2, 0.25) is 0 Å². The standard InChI is InChI=1S/C17H32N4O/c1-4-5-10-18-17(19-11-16(22)20(2)3)21-12-14-8-6-7-9-15(14)13-21/h14-15H,4-13H2,1-3H3,(H,18,19). The highest BCUT2D eigenvalue weighted by molar-refractivity contribution is 5.85. The number of unbranched alkanes of at least 4 members (excludes halogenated alkanes) is 1. The fourth-order valence-electron chi connectivity index (χ4n) is 3.51. The van der Waals surface area contributed by atoms with E-state index in [1.165, 1.54) is 32.1 Å². The molecule has 0 bridgehead atoms. The summed E-state index contributed by atoms with van der Waals surface area (Å²) >= 11 is 0. The molecular formula is C17H32N4O. The Morgan fingerprint density at radius 2 is 1.86 bits per heavy atom. The second kappa shape index (κ2) is 8.39. The molecule has 22 heavy (non-hydrogen) atoms. The number of nitrogens with one attached hydrogen (secondary N) is 1. The second-order valence-corrected chi connectivity index (χ2v) is 6.92. The first-order valence-electron chi connectivity index (χ1n) is 8.85. The minimum absolute atomic E-state index is 0.0615. The predicted octanol–water partition coefficient (Wildman–Crippen LogP) is 1.94.